The normalized spacial score (nSPS) is 10.7. The van der Waals surface area contributed by atoms with Gasteiger partial charge in [-0.15, -0.1) is 0 Å². The Kier molecular flexibility index (Phi) is 4.10. The van der Waals surface area contributed by atoms with Gasteiger partial charge in [-0.05, 0) is 47.5 Å². The number of nitrogen functional groups attached to an aromatic ring is 1. The van der Waals surface area contributed by atoms with Crippen LogP contribution in [0.1, 0.15) is 17.0 Å². The smallest absolute Gasteiger partial charge is 0.348 e. The third-order valence-corrected chi connectivity index (χ3v) is 4.83. The number of anilines is 1. The highest BCUT2D eigenvalue weighted by atomic mass is 79.9. The van der Waals surface area contributed by atoms with Crippen LogP contribution < -0.4 is 11.4 Å². The number of hydrogen-bond donors (Lipinski definition) is 1. The van der Waals surface area contributed by atoms with Crippen molar-refractivity contribution in [2.24, 2.45) is 0 Å². The summed E-state index contributed by atoms with van der Waals surface area (Å²) in [6.45, 7) is 4.16. The summed E-state index contributed by atoms with van der Waals surface area (Å²) >= 11 is 6.91. The fraction of sp³-hybridized carbons (Fsp3) is 0.231. The number of halogens is 2. The van der Waals surface area contributed by atoms with E-state index in [0.29, 0.717) is 17.9 Å². The number of aromatic nitrogens is 2. The molecule has 0 bridgehead atoms. The van der Waals surface area contributed by atoms with Crippen LogP contribution in [0.15, 0.2) is 31.9 Å². The van der Waals surface area contributed by atoms with E-state index in [1.165, 1.54) is 0 Å². The zero-order valence-electron chi connectivity index (χ0n) is 10.6. The molecule has 0 aliphatic rings. The van der Waals surface area contributed by atoms with Crippen LogP contribution in [0.2, 0.25) is 0 Å². The highest BCUT2D eigenvalue weighted by Crippen LogP contribution is 2.22. The van der Waals surface area contributed by atoms with Crippen LogP contribution >= 0.6 is 31.9 Å². The molecule has 0 amide bonds. The van der Waals surface area contributed by atoms with E-state index in [1.807, 2.05) is 32.0 Å². The Bertz CT molecular complexity index is 695. The molecular weight excluding hydrogens is 374 g/mol. The maximum Gasteiger partial charge on any atom is 0.348 e. The van der Waals surface area contributed by atoms with E-state index in [4.69, 9.17) is 5.73 Å². The lowest BCUT2D eigenvalue weighted by atomic mass is 10.2. The van der Waals surface area contributed by atoms with Crippen molar-refractivity contribution in [3.05, 3.63) is 54.6 Å². The summed E-state index contributed by atoms with van der Waals surface area (Å²) in [6, 6.07) is 5.54. The van der Waals surface area contributed by atoms with Crippen molar-refractivity contribution in [2.45, 2.75) is 20.4 Å². The van der Waals surface area contributed by atoms with Crippen LogP contribution in [-0.4, -0.2) is 9.55 Å². The lowest BCUT2D eigenvalue weighted by molar-refractivity contribution is 0.687. The van der Waals surface area contributed by atoms with E-state index >= 15 is 0 Å². The summed E-state index contributed by atoms with van der Waals surface area (Å²) in [7, 11) is 0. The first-order chi connectivity index (χ1) is 8.90. The molecule has 0 unspecified atom stereocenters. The minimum absolute atomic E-state index is 0.248. The van der Waals surface area contributed by atoms with Crippen molar-refractivity contribution in [1.82, 2.24) is 9.55 Å². The number of aryl methyl sites for hydroxylation is 1. The van der Waals surface area contributed by atoms with E-state index in [9.17, 15) is 4.79 Å². The van der Waals surface area contributed by atoms with Gasteiger partial charge in [-0.25, -0.2) is 4.79 Å². The van der Waals surface area contributed by atoms with Gasteiger partial charge in [-0.2, -0.15) is 4.98 Å². The molecule has 2 rings (SSSR count). The first-order valence-corrected chi connectivity index (χ1v) is 7.26. The van der Waals surface area contributed by atoms with Gasteiger partial charge in [-0.3, -0.25) is 4.57 Å². The second-order valence-corrected chi connectivity index (χ2v) is 5.96. The predicted molar refractivity (Wildman–Crippen MR) is 83.3 cm³/mol. The fourth-order valence-corrected chi connectivity index (χ4v) is 2.65. The molecule has 0 spiro atoms. The number of nitrogens with zero attached hydrogens (tertiary/aromatic N) is 2. The molecule has 0 fully saturated rings. The van der Waals surface area contributed by atoms with Gasteiger partial charge in [0.05, 0.1) is 16.7 Å². The van der Waals surface area contributed by atoms with Gasteiger partial charge in [0.15, 0.2) is 0 Å². The van der Waals surface area contributed by atoms with Crippen molar-refractivity contribution in [3.8, 4) is 0 Å². The average molecular weight is 387 g/mol. The maximum atomic E-state index is 12.0. The van der Waals surface area contributed by atoms with Gasteiger partial charge in [0, 0.05) is 15.9 Å². The number of hydrogen-bond acceptors (Lipinski definition) is 3. The quantitative estimate of drug-likeness (QED) is 0.807. The van der Waals surface area contributed by atoms with E-state index in [-0.39, 0.29) is 5.69 Å². The molecule has 6 heteroatoms. The molecule has 100 valence electrons. The van der Waals surface area contributed by atoms with E-state index < -0.39 is 0 Å². The number of nitrogens with two attached hydrogens (primary N) is 1. The molecule has 0 radical (unpaired) electrons. The first kappa shape index (κ1) is 14.3. The van der Waals surface area contributed by atoms with E-state index in [1.54, 1.807) is 4.57 Å². The van der Waals surface area contributed by atoms with Gasteiger partial charge in [0.1, 0.15) is 0 Å². The molecule has 0 saturated carbocycles. The fourth-order valence-electron chi connectivity index (χ4n) is 1.83. The summed E-state index contributed by atoms with van der Waals surface area (Å²) in [5.74, 6) is 0. The third-order valence-electron chi connectivity index (χ3n) is 2.94. The predicted octanol–water partition coefficient (Wildman–Crippen LogP) is 3.02. The van der Waals surface area contributed by atoms with Crippen LogP contribution in [0.3, 0.4) is 0 Å². The number of benzene rings is 1. The molecule has 2 N–H and O–H groups in total. The SMILES string of the molecule is Cc1nc(=O)n(Cc2ccc(N)cc2Br)c(C)c1Br. The summed E-state index contributed by atoms with van der Waals surface area (Å²) < 4.78 is 3.38. The Hall–Kier alpha value is -1.14. The Labute approximate surface area is 127 Å². The average Bonchev–Trinajstić information content (AvgIpc) is 2.34. The van der Waals surface area contributed by atoms with Crippen molar-refractivity contribution in [2.75, 3.05) is 5.73 Å². The van der Waals surface area contributed by atoms with Gasteiger partial charge in [0.25, 0.3) is 0 Å². The van der Waals surface area contributed by atoms with Crippen LogP contribution in [0.25, 0.3) is 0 Å². The molecule has 2 aromatic rings. The maximum absolute atomic E-state index is 12.0. The summed E-state index contributed by atoms with van der Waals surface area (Å²) in [5, 5.41) is 0. The molecule has 1 aromatic heterocycles. The summed E-state index contributed by atoms with van der Waals surface area (Å²) in [6.07, 6.45) is 0. The van der Waals surface area contributed by atoms with Crippen molar-refractivity contribution in [3.63, 3.8) is 0 Å². The monoisotopic (exact) mass is 385 g/mol. The van der Waals surface area contributed by atoms with Crippen LogP contribution in [-0.2, 0) is 6.54 Å². The van der Waals surface area contributed by atoms with Crippen molar-refractivity contribution < 1.29 is 0 Å². The Morgan fingerprint density at radius 2 is 2.00 bits per heavy atom. The largest absolute Gasteiger partial charge is 0.399 e. The minimum atomic E-state index is -0.248. The third kappa shape index (κ3) is 2.90. The zero-order valence-corrected chi connectivity index (χ0v) is 13.7. The first-order valence-electron chi connectivity index (χ1n) is 5.67. The topological polar surface area (TPSA) is 60.9 Å². The molecule has 0 atom stereocenters. The molecule has 1 aromatic carbocycles. The zero-order chi connectivity index (χ0) is 14.2. The molecule has 4 nitrogen and oxygen atoms in total. The van der Waals surface area contributed by atoms with Crippen molar-refractivity contribution in [1.29, 1.82) is 0 Å². The summed E-state index contributed by atoms with van der Waals surface area (Å²) in [5.41, 5.74) is 8.69. The van der Waals surface area contributed by atoms with E-state index in [0.717, 1.165) is 20.2 Å². The van der Waals surface area contributed by atoms with E-state index in [2.05, 4.69) is 36.8 Å². The highest BCUT2D eigenvalue weighted by Gasteiger charge is 2.11. The van der Waals surface area contributed by atoms with Gasteiger partial charge in [0.2, 0.25) is 0 Å². The molecule has 0 saturated heterocycles. The molecule has 0 aliphatic heterocycles. The Morgan fingerprint density at radius 3 is 2.63 bits per heavy atom. The van der Waals surface area contributed by atoms with Gasteiger partial charge < -0.3 is 5.73 Å². The lowest BCUT2D eigenvalue weighted by Gasteiger charge is -2.13. The van der Waals surface area contributed by atoms with Crippen LogP contribution in [0.5, 0.6) is 0 Å². The Balaban J connectivity index is 2.50. The second-order valence-electron chi connectivity index (χ2n) is 4.32. The Morgan fingerprint density at radius 1 is 1.32 bits per heavy atom. The standard InChI is InChI=1S/C13H13Br2N3O/c1-7-12(15)8(2)18(13(19)17-7)6-9-3-4-10(16)5-11(9)14/h3-5H,6,16H2,1-2H3. The van der Waals surface area contributed by atoms with Gasteiger partial charge >= 0.3 is 5.69 Å². The highest BCUT2D eigenvalue weighted by molar-refractivity contribution is 9.10. The lowest BCUT2D eigenvalue weighted by Crippen LogP contribution is -2.27. The van der Waals surface area contributed by atoms with Crippen LogP contribution in [0, 0.1) is 13.8 Å². The van der Waals surface area contributed by atoms with Crippen LogP contribution in [0.4, 0.5) is 5.69 Å². The molecule has 1 heterocycles. The molecular formula is C13H13Br2N3O. The second kappa shape index (κ2) is 5.46. The molecule has 0 aliphatic carbocycles. The summed E-state index contributed by atoms with van der Waals surface area (Å²) in [4.78, 5) is 16.0. The van der Waals surface area contributed by atoms with Crippen molar-refractivity contribution >= 4 is 37.5 Å². The minimum Gasteiger partial charge on any atom is -0.399 e. The number of rotatable bonds is 2. The molecule has 19 heavy (non-hydrogen) atoms. The van der Waals surface area contributed by atoms with Gasteiger partial charge in [-0.1, -0.05) is 22.0 Å².